The summed E-state index contributed by atoms with van der Waals surface area (Å²) in [5.74, 6) is 0.881. The molecule has 0 aliphatic carbocycles. The molecule has 1 atom stereocenters. The monoisotopic (exact) mass is 221 g/mol. The van der Waals surface area contributed by atoms with Gasteiger partial charge < -0.3 is 14.8 Å². The third kappa shape index (κ3) is 2.54. The third-order valence-electron chi connectivity index (χ3n) is 2.83. The molecule has 0 amide bonds. The van der Waals surface area contributed by atoms with Crippen molar-refractivity contribution in [2.45, 2.75) is 25.6 Å². The van der Waals surface area contributed by atoms with Gasteiger partial charge in [-0.25, -0.2) is 0 Å². The van der Waals surface area contributed by atoms with E-state index in [1.165, 1.54) is 5.56 Å². The molecule has 0 radical (unpaired) electrons. The van der Waals surface area contributed by atoms with Crippen LogP contribution in [0.2, 0.25) is 0 Å². The van der Waals surface area contributed by atoms with E-state index in [4.69, 9.17) is 9.47 Å². The summed E-state index contributed by atoms with van der Waals surface area (Å²) < 4.78 is 11.2. The van der Waals surface area contributed by atoms with Crippen LogP contribution >= 0.6 is 0 Å². The van der Waals surface area contributed by atoms with Gasteiger partial charge in [-0.05, 0) is 31.5 Å². The van der Waals surface area contributed by atoms with Crippen LogP contribution in [0.5, 0.6) is 5.75 Å². The molecule has 0 bridgehead atoms. The molecule has 1 saturated heterocycles. The molecule has 1 aliphatic rings. The lowest BCUT2D eigenvalue weighted by molar-refractivity contribution is -0.0958. The van der Waals surface area contributed by atoms with Gasteiger partial charge in [-0.3, -0.25) is 0 Å². The average molecular weight is 221 g/mol. The van der Waals surface area contributed by atoms with Gasteiger partial charge in [-0.15, -0.1) is 0 Å². The van der Waals surface area contributed by atoms with Gasteiger partial charge in [0.05, 0.1) is 18.8 Å². The van der Waals surface area contributed by atoms with Gasteiger partial charge in [0.25, 0.3) is 0 Å². The molecule has 0 saturated carbocycles. The van der Waals surface area contributed by atoms with Crippen molar-refractivity contribution >= 4 is 0 Å². The Morgan fingerprint density at radius 1 is 1.31 bits per heavy atom. The maximum absolute atomic E-state index is 6.03. The molecule has 1 N–H and O–H groups in total. The standard InChI is InChI=1S/C13H19NO2/c1-13(2)9-14-8-12(16-13)10-4-6-11(15-3)7-5-10/h4-7,12,14H,8-9H2,1-3H3/t12-/m1/s1. The largest absolute Gasteiger partial charge is 0.497 e. The van der Waals surface area contributed by atoms with Gasteiger partial charge in [-0.2, -0.15) is 0 Å². The molecule has 3 nitrogen and oxygen atoms in total. The van der Waals surface area contributed by atoms with Crippen LogP contribution in [0.25, 0.3) is 0 Å². The molecule has 0 unspecified atom stereocenters. The van der Waals surface area contributed by atoms with E-state index >= 15 is 0 Å². The lowest BCUT2D eigenvalue weighted by atomic mass is 10.0. The normalized spacial score (nSPS) is 24.1. The highest BCUT2D eigenvalue weighted by molar-refractivity contribution is 5.29. The number of morpholine rings is 1. The predicted octanol–water partition coefficient (Wildman–Crippen LogP) is 2.13. The Kier molecular flexibility index (Phi) is 3.17. The average Bonchev–Trinajstić information content (AvgIpc) is 2.28. The van der Waals surface area contributed by atoms with E-state index in [9.17, 15) is 0 Å². The van der Waals surface area contributed by atoms with Crippen molar-refractivity contribution < 1.29 is 9.47 Å². The smallest absolute Gasteiger partial charge is 0.118 e. The molecular formula is C13H19NO2. The third-order valence-corrected chi connectivity index (χ3v) is 2.83. The lowest BCUT2D eigenvalue weighted by Crippen LogP contribution is -2.46. The maximum atomic E-state index is 6.03. The molecule has 0 aromatic heterocycles. The van der Waals surface area contributed by atoms with Crippen LogP contribution in [0.4, 0.5) is 0 Å². The summed E-state index contributed by atoms with van der Waals surface area (Å²) in [4.78, 5) is 0. The molecule has 1 fully saturated rings. The highest BCUT2D eigenvalue weighted by atomic mass is 16.5. The van der Waals surface area contributed by atoms with Gasteiger partial charge >= 0.3 is 0 Å². The Balaban J connectivity index is 2.11. The van der Waals surface area contributed by atoms with Crippen molar-refractivity contribution in [3.05, 3.63) is 29.8 Å². The van der Waals surface area contributed by atoms with Crippen molar-refractivity contribution in [1.29, 1.82) is 0 Å². The van der Waals surface area contributed by atoms with Crippen molar-refractivity contribution in [3.8, 4) is 5.75 Å². The van der Waals surface area contributed by atoms with Crippen molar-refractivity contribution in [2.75, 3.05) is 20.2 Å². The Labute approximate surface area is 96.8 Å². The summed E-state index contributed by atoms with van der Waals surface area (Å²) in [6.07, 6.45) is 0.134. The first kappa shape index (κ1) is 11.4. The first-order valence-electron chi connectivity index (χ1n) is 5.63. The SMILES string of the molecule is COc1ccc([C@H]2CNCC(C)(C)O2)cc1. The molecule has 1 heterocycles. The minimum absolute atomic E-state index is 0.0944. The molecule has 1 aliphatic heterocycles. The fraction of sp³-hybridized carbons (Fsp3) is 0.538. The van der Waals surface area contributed by atoms with E-state index in [0.717, 1.165) is 18.8 Å². The zero-order valence-electron chi connectivity index (χ0n) is 10.1. The molecule has 3 heteroatoms. The first-order valence-corrected chi connectivity index (χ1v) is 5.63. The van der Waals surface area contributed by atoms with E-state index in [-0.39, 0.29) is 11.7 Å². The number of nitrogens with one attached hydrogen (secondary N) is 1. The maximum Gasteiger partial charge on any atom is 0.118 e. The second-order valence-electron chi connectivity index (χ2n) is 4.77. The van der Waals surface area contributed by atoms with Gasteiger partial charge in [0, 0.05) is 13.1 Å². The van der Waals surface area contributed by atoms with Crippen LogP contribution in [0.15, 0.2) is 24.3 Å². The Morgan fingerprint density at radius 2 is 2.00 bits per heavy atom. The van der Waals surface area contributed by atoms with Gasteiger partial charge in [0.2, 0.25) is 0 Å². The molecule has 0 spiro atoms. The second-order valence-corrected chi connectivity index (χ2v) is 4.77. The topological polar surface area (TPSA) is 30.5 Å². The van der Waals surface area contributed by atoms with E-state index in [0.29, 0.717) is 0 Å². The van der Waals surface area contributed by atoms with Crippen LogP contribution in [-0.4, -0.2) is 25.8 Å². The van der Waals surface area contributed by atoms with Crippen molar-refractivity contribution in [2.24, 2.45) is 0 Å². The summed E-state index contributed by atoms with van der Waals surface area (Å²) in [7, 11) is 1.68. The predicted molar refractivity (Wildman–Crippen MR) is 63.8 cm³/mol. The van der Waals surface area contributed by atoms with Gasteiger partial charge in [0.15, 0.2) is 0 Å². The number of benzene rings is 1. The van der Waals surface area contributed by atoms with E-state index in [1.807, 2.05) is 12.1 Å². The van der Waals surface area contributed by atoms with E-state index < -0.39 is 0 Å². The van der Waals surface area contributed by atoms with Crippen LogP contribution in [-0.2, 0) is 4.74 Å². The number of methoxy groups -OCH3 is 1. The Bertz CT molecular complexity index is 345. The minimum atomic E-state index is -0.0944. The van der Waals surface area contributed by atoms with Crippen LogP contribution in [0.3, 0.4) is 0 Å². The van der Waals surface area contributed by atoms with E-state index in [2.05, 4.69) is 31.3 Å². The number of hydrogen-bond donors (Lipinski definition) is 1. The highest BCUT2D eigenvalue weighted by Gasteiger charge is 2.28. The van der Waals surface area contributed by atoms with E-state index in [1.54, 1.807) is 7.11 Å². The summed E-state index contributed by atoms with van der Waals surface area (Å²) >= 11 is 0. The summed E-state index contributed by atoms with van der Waals surface area (Å²) in [6, 6.07) is 8.07. The van der Waals surface area contributed by atoms with Gasteiger partial charge in [0.1, 0.15) is 5.75 Å². The summed E-state index contributed by atoms with van der Waals surface area (Å²) in [6.45, 7) is 5.99. The highest BCUT2D eigenvalue weighted by Crippen LogP contribution is 2.27. The van der Waals surface area contributed by atoms with Crippen LogP contribution in [0, 0.1) is 0 Å². The fourth-order valence-corrected chi connectivity index (χ4v) is 1.98. The molecule has 16 heavy (non-hydrogen) atoms. The zero-order chi connectivity index (χ0) is 11.6. The molecule has 1 aromatic carbocycles. The van der Waals surface area contributed by atoms with Crippen LogP contribution in [0.1, 0.15) is 25.5 Å². The number of ether oxygens (including phenoxy) is 2. The molecule has 88 valence electrons. The number of rotatable bonds is 2. The lowest BCUT2D eigenvalue weighted by Gasteiger charge is -2.36. The zero-order valence-corrected chi connectivity index (χ0v) is 10.1. The van der Waals surface area contributed by atoms with Crippen LogP contribution < -0.4 is 10.1 Å². The fourth-order valence-electron chi connectivity index (χ4n) is 1.98. The molecular weight excluding hydrogens is 202 g/mol. The quantitative estimate of drug-likeness (QED) is 0.830. The summed E-state index contributed by atoms with van der Waals surface area (Å²) in [5.41, 5.74) is 1.10. The minimum Gasteiger partial charge on any atom is -0.497 e. The number of hydrogen-bond acceptors (Lipinski definition) is 3. The molecule has 2 rings (SSSR count). The Hall–Kier alpha value is -1.06. The second kappa shape index (κ2) is 4.44. The molecule has 1 aromatic rings. The van der Waals surface area contributed by atoms with Crippen molar-refractivity contribution in [3.63, 3.8) is 0 Å². The summed E-state index contributed by atoms with van der Waals surface area (Å²) in [5, 5.41) is 3.40. The van der Waals surface area contributed by atoms with Gasteiger partial charge in [-0.1, -0.05) is 12.1 Å². The van der Waals surface area contributed by atoms with Crippen molar-refractivity contribution in [1.82, 2.24) is 5.32 Å². The first-order chi connectivity index (χ1) is 7.61. The Morgan fingerprint density at radius 3 is 2.56 bits per heavy atom.